The van der Waals surface area contributed by atoms with Gasteiger partial charge in [-0.05, 0) is 55.3 Å². The van der Waals surface area contributed by atoms with Crippen LogP contribution in [0.3, 0.4) is 0 Å². The number of hydrogen-bond acceptors (Lipinski definition) is 6. The lowest BCUT2D eigenvalue weighted by Crippen LogP contribution is -2.45. The number of alkyl halides is 6. The summed E-state index contributed by atoms with van der Waals surface area (Å²) in [6, 6.07) is 8.46. The fourth-order valence-corrected chi connectivity index (χ4v) is 5.67. The molecule has 0 spiro atoms. The molecule has 1 N–H and O–H groups in total. The quantitative estimate of drug-likeness (QED) is 0.417. The van der Waals surface area contributed by atoms with Crippen molar-refractivity contribution in [3.63, 3.8) is 0 Å². The molecule has 3 aromatic rings. The maximum atomic E-state index is 13.1. The van der Waals surface area contributed by atoms with Crippen molar-refractivity contribution in [2.24, 2.45) is 0 Å². The molecule has 0 saturated carbocycles. The summed E-state index contributed by atoms with van der Waals surface area (Å²) in [5.41, 5.74) is 0.249. The van der Waals surface area contributed by atoms with Gasteiger partial charge < -0.3 is 10.1 Å². The predicted octanol–water partition coefficient (Wildman–Crippen LogP) is 4.53. The van der Waals surface area contributed by atoms with E-state index in [1.165, 1.54) is 24.5 Å². The van der Waals surface area contributed by atoms with Gasteiger partial charge in [0.05, 0.1) is 28.4 Å². The molecule has 1 saturated heterocycles. The van der Waals surface area contributed by atoms with Gasteiger partial charge in [0.15, 0.2) is 0 Å². The number of ether oxygens (including phenoxy) is 1. The zero-order chi connectivity index (χ0) is 28.4. The molecular weight excluding hydrogens is 554 g/mol. The van der Waals surface area contributed by atoms with Crippen LogP contribution in [0.15, 0.2) is 65.8 Å². The molecule has 39 heavy (non-hydrogen) atoms. The lowest BCUT2D eigenvalue weighted by molar-refractivity contribution is -0.274. The summed E-state index contributed by atoms with van der Waals surface area (Å²) < 4.78 is 107. The molecule has 8 nitrogen and oxygen atoms in total. The highest BCUT2D eigenvalue weighted by molar-refractivity contribution is 7.89. The van der Waals surface area contributed by atoms with Crippen molar-refractivity contribution < 1.29 is 44.3 Å². The Balaban J connectivity index is 1.42. The van der Waals surface area contributed by atoms with Gasteiger partial charge in [0, 0.05) is 12.1 Å². The Hall–Kier alpha value is -3.72. The van der Waals surface area contributed by atoms with Gasteiger partial charge in [-0.2, -0.15) is 17.5 Å². The minimum Gasteiger partial charge on any atom is -0.406 e. The molecule has 0 unspecified atom stereocenters. The molecule has 208 valence electrons. The lowest BCUT2D eigenvalue weighted by Gasteiger charge is -2.23. The molecule has 0 bridgehead atoms. The maximum absolute atomic E-state index is 13.1. The highest BCUT2D eigenvalue weighted by atomic mass is 32.2. The Kier molecular flexibility index (Phi) is 7.84. The molecule has 1 atom stereocenters. The van der Waals surface area contributed by atoms with Crippen molar-refractivity contribution in [2.45, 2.75) is 42.9 Å². The highest BCUT2D eigenvalue weighted by Gasteiger charge is 2.39. The van der Waals surface area contributed by atoms with Crippen LogP contribution < -0.4 is 10.1 Å². The van der Waals surface area contributed by atoms with Gasteiger partial charge in [0.2, 0.25) is 15.9 Å². The van der Waals surface area contributed by atoms with Gasteiger partial charge in [-0.15, -0.1) is 13.2 Å². The molecule has 2 heterocycles. The SMILES string of the molecule is O=C(NCc1cc(-c2ccc(C(F)(F)F)cc2)ncn1)[C@@H]1CCCN1S(=O)(=O)c1ccc(OC(F)(F)F)cc1. The van der Waals surface area contributed by atoms with E-state index in [1.54, 1.807) is 0 Å². The third-order valence-corrected chi connectivity index (χ3v) is 7.77. The number of halogens is 6. The van der Waals surface area contributed by atoms with E-state index in [-0.39, 0.29) is 24.4 Å². The van der Waals surface area contributed by atoms with E-state index in [4.69, 9.17) is 0 Å². The van der Waals surface area contributed by atoms with E-state index >= 15 is 0 Å². The Morgan fingerprint density at radius 3 is 2.28 bits per heavy atom. The van der Waals surface area contributed by atoms with E-state index in [2.05, 4.69) is 20.0 Å². The number of nitrogens with zero attached hydrogens (tertiary/aromatic N) is 3. The van der Waals surface area contributed by atoms with Crippen molar-refractivity contribution in [2.75, 3.05) is 6.54 Å². The predicted molar refractivity (Wildman–Crippen MR) is 124 cm³/mol. The third-order valence-electron chi connectivity index (χ3n) is 5.85. The molecule has 4 rings (SSSR count). The smallest absolute Gasteiger partial charge is 0.406 e. The maximum Gasteiger partial charge on any atom is 0.573 e. The first kappa shape index (κ1) is 28.3. The van der Waals surface area contributed by atoms with Crippen LogP contribution in [0.2, 0.25) is 0 Å². The Labute approximate surface area is 218 Å². The zero-order valence-corrected chi connectivity index (χ0v) is 20.6. The molecule has 1 aromatic heterocycles. The average molecular weight is 575 g/mol. The normalized spacial score (nSPS) is 16.7. The van der Waals surface area contributed by atoms with E-state index in [0.717, 1.165) is 40.7 Å². The van der Waals surface area contributed by atoms with Gasteiger partial charge in [-0.1, -0.05) is 12.1 Å². The number of amides is 1. The minimum absolute atomic E-state index is 0.0345. The molecule has 1 aliphatic heterocycles. The van der Waals surface area contributed by atoms with Crippen LogP contribution in [-0.4, -0.2) is 47.5 Å². The average Bonchev–Trinajstić information content (AvgIpc) is 3.38. The van der Waals surface area contributed by atoms with Gasteiger partial charge in [-0.3, -0.25) is 4.79 Å². The Bertz CT molecular complexity index is 1430. The van der Waals surface area contributed by atoms with Crippen LogP contribution in [0.4, 0.5) is 26.3 Å². The Morgan fingerprint density at radius 2 is 1.67 bits per heavy atom. The standard InChI is InChI=1S/C24H20F6N4O4S/c25-23(26,27)16-5-3-15(4-6-16)20-12-17(32-14-33-20)13-31-22(35)21-2-1-11-34(21)39(36,37)19-9-7-18(8-10-19)38-24(28,29)30/h3-10,12,14,21H,1-2,11,13H2,(H,31,35)/t21-/m0/s1. The highest BCUT2D eigenvalue weighted by Crippen LogP contribution is 2.31. The van der Waals surface area contributed by atoms with Crippen LogP contribution >= 0.6 is 0 Å². The van der Waals surface area contributed by atoms with Crippen molar-refractivity contribution in [1.29, 1.82) is 0 Å². The second kappa shape index (κ2) is 10.8. The number of carbonyl (C=O) groups is 1. The number of sulfonamides is 1. The topological polar surface area (TPSA) is 101 Å². The van der Waals surface area contributed by atoms with Gasteiger partial charge in [0.1, 0.15) is 18.1 Å². The summed E-state index contributed by atoms with van der Waals surface area (Å²) in [6.45, 7) is -0.0738. The fourth-order valence-electron chi connectivity index (χ4n) is 4.02. The van der Waals surface area contributed by atoms with Crippen LogP contribution in [0, 0.1) is 0 Å². The molecular formula is C24H20F6N4O4S. The van der Waals surface area contributed by atoms with Crippen molar-refractivity contribution in [3.8, 4) is 17.0 Å². The minimum atomic E-state index is -4.93. The number of carbonyl (C=O) groups excluding carboxylic acids is 1. The second-order valence-electron chi connectivity index (χ2n) is 8.48. The van der Waals surface area contributed by atoms with Crippen molar-refractivity contribution in [1.82, 2.24) is 19.6 Å². The van der Waals surface area contributed by atoms with Crippen molar-refractivity contribution in [3.05, 3.63) is 72.2 Å². The number of nitrogens with one attached hydrogen (secondary N) is 1. The van der Waals surface area contributed by atoms with Crippen LogP contribution in [-0.2, 0) is 27.5 Å². The van der Waals surface area contributed by atoms with E-state index in [0.29, 0.717) is 23.4 Å². The Morgan fingerprint density at radius 1 is 1.00 bits per heavy atom. The van der Waals surface area contributed by atoms with Crippen molar-refractivity contribution >= 4 is 15.9 Å². The third kappa shape index (κ3) is 6.84. The van der Waals surface area contributed by atoms with Crippen LogP contribution in [0.5, 0.6) is 5.75 Å². The summed E-state index contributed by atoms with van der Waals surface area (Å²) >= 11 is 0. The molecule has 2 aromatic carbocycles. The summed E-state index contributed by atoms with van der Waals surface area (Å²) in [5.74, 6) is -1.19. The van der Waals surface area contributed by atoms with E-state index < -0.39 is 45.8 Å². The number of benzene rings is 2. The summed E-state index contributed by atoms with van der Waals surface area (Å²) in [7, 11) is -4.20. The fraction of sp³-hybridized carbons (Fsp3) is 0.292. The lowest BCUT2D eigenvalue weighted by atomic mass is 10.1. The number of hydrogen-bond donors (Lipinski definition) is 1. The first-order valence-electron chi connectivity index (χ1n) is 11.4. The van der Waals surface area contributed by atoms with Crippen LogP contribution in [0.1, 0.15) is 24.1 Å². The van der Waals surface area contributed by atoms with E-state index in [9.17, 15) is 39.6 Å². The molecule has 1 aliphatic rings. The summed E-state index contributed by atoms with van der Waals surface area (Å²) in [4.78, 5) is 20.7. The summed E-state index contributed by atoms with van der Waals surface area (Å²) in [5, 5.41) is 2.61. The largest absolute Gasteiger partial charge is 0.573 e. The van der Waals surface area contributed by atoms with Gasteiger partial charge >= 0.3 is 12.5 Å². The molecule has 0 radical (unpaired) electrons. The molecule has 15 heteroatoms. The van der Waals surface area contributed by atoms with Crippen LogP contribution in [0.25, 0.3) is 11.3 Å². The summed E-state index contributed by atoms with van der Waals surface area (Å²) in [6.07, 6.45) is -7.61. The zero-order valence-electron chi connectivity index (χ0n) is 19.8. The van der Waals surface area contributed by atoms with Gasteiger partial charge in [-0.25, -0.2) is 18.4 Å². The first-order valence-corrected chi connectivity index (χ1v) is 12.8. The number of aromatic nitrogens is 2. The first-order chi connectivity index (χ1) is 18.2. The second-order valence-corrected chi connectivity index (χ2v) is 10.4. The van der Waals surface area contributed by atoms with Gasteiger partial charge in [0.25, 0.3) is 0 Å². The molecule has 0 aliphatic carbocycles. The number of rotatable bonds is 7. The van der Waals surface area contributed by atoms with E-state index in [1.807, 2.05) is 0 Å². The molecule has 1 amide bonds. The molecule has 1 fully saturated rings. The monoisotopic (exact) mass is 574 g/mol.